The lowest BCUT2D eigenvalue weighted by Crippen LogP contribution is -2.07. The summed E-state index contributed by atoms with van der Waals surface area (Å²) in [6.45, 7) is 0.429. The van der Waals surface area contributed by atoms with E-state index in [0.717, 1.165) is 10.0 Å². The number of rotatable bonds is 6. The average Bonchev–Trinajstić information content (AvgIpc) is 2.90. The van der Waals surface area contributed by atoms with Crippen LogP contribution in [0.25, 0.3) is 0 Å². The molecule has 0 saturated heterocycles. The Kier molecular flexibility index (Phi) is 4.85. The highest BCUT2D eigenvalue weighted by Crippen LogP contribution is 2.31. The van der Waals surface area contributed by atoms with Gasteiger partial charge in [-0.1, -0.05) is 11.3 Å². The van der Waals surface area contributed by atoms with Gasteiger partial charge < -0.3 is 19.7 Å². The molecule has 7 heteroatoms. The molecular weight excluding hydrogens is 293 g/mol. The molecule has 1 heterocycles. The number of nitrogens with zero attached hydrogens (tertiary/aromatic N) is 2. The van der Waals surface area contributed by atoms with Crippen molar-refractivity contribution < 1.29 is 13.9 Å². The lowest BCUT2D eigenvalue weighted by molar-refractivity contribution is 0.397. The van der Waals surface area contributed by atoms with E-state index in [1.807, 2.05) is 19.0 Å². The Labute approximate surface area is 127 Å². The summed E-state index contributed by atoms with van der Waals surface area (Å²) in [6.07, 6.45) is 0. The van der Waals surface area contributed by atoms with Crippen molar-refractivity contribution in [2.45, 2.75) is 6.54 Å². The molecule has 114 valence electrons. The zero-order valence-electron chi connectivity index (χ0n) is 12.4. The monoisotopic (exact) mass is 311 g/mol. The third kappa shape index (κ3) is 3.55. The first-order valence-corrected chi connectivity index (χ1v) is 7.15. The van der Waals surface area contributed by atoms with Gasteiger partial charge in [-0.3, -0.25) is 0 Å². The quantitative estimate of drug-likeness (QED) is 0.888. The maximum absolute atomic E-state index is 13.8. The van der Waals surface area contributed by atoms with E-state index < -0.39 is 0 Å². The largest absolute Gasteiger partial charge is 0.497 e. The highest BCUT2D eigenvalue weighted by atomic mass is 32.1. The van der Waals surface area contributed by atoms with Crippen molar-refractivity contribution in [1.82, 2.24) is 4.98 Å². The minimum atomic E-state index is -0.327. The minimum Gasteiger partial charge on any atom is -0.497 e. The van der Waals surface area contributed by atoms with Gasteiger partial charge in [0.1, 0.15) is 11.6 Å². The van der Waals surface area contributed by atoms with Crippen LogP contribution in [0.15, 0.2) is 18.2 Å². The van der Waals surface area contributed by atoms with Crippen LogP contribution in [-0.2, 0) is 6.54 Å². The van der Waals surface area contributed by atoms with Gasteiger partial charge in [-0.25, -0.2) is 4.39 Å². The standard InChI is InChI=1S/C14H18FN3O2S/c1-18(2)14-17-13(20-4)12(21-14)8-16-11-7-9(19-3)5-6-10(11)15/h5-7,16H,8H2,1-4H3. The van der Waals surface area contributed by atoms with E-state index >= 15 is 0 Å². The fourth-order valence-corrected chi connectivity index (χ4v) is 2.62. The first kappa shape index (κ1) is 15.4. The Hall–Kier alpha value is -2.02. The normalized spacial score (nSPS) is 10.3. The fraction of sp³-hybridized carbons (Fsp3) is 0.357. The number of hydrogen-bond donors (Lipinski definition) is 1. The van der Waals surface area contributed by atoms with E-state index in [1.165, 1.54) is 17.4 Å². The van der Waals surface area contributed by atoms with Gasteiger partial charge in [0.2, 0.25) is 5.88 Å². The second-order valence-corrected chi connectivity index (χ2v) is 5.58. The number of methoxy groups -OCH3 is 2. The van der Waals surface area contributed by atoms with Crippen LogP contribution in [-0.4, -0.2) is 33.3 Å². The summed E-state index contributed by atoms with van der Waals surface area (Å²) < 4.78 is 24.1. The number of anilines is 2. The summed E-state index contributed by atoms with van der Waals surface area (Å²) in [4.78, 5) is 7.17. The Balaban J connectivity index is 2.16. The van der Waals surface area contributed by atoms with Crippen LogP contribution in [0.2, 0.25) is 0 Å². The van der Waals surface area contributed by atoms with Crippen molar-refractivity contribution in [3.05, 3.63) is 28.9 Å². The van der Waals surface area contributed by atoms with Gasteiger partial charge in [-0.2, -0.15) is 4.98 Å². The van der Waals surface area contributed by atoms with Gasteiger partial charge >= 0.3 is 0 Å². The lowest BCUT2D eigenvalue weighted by atomic mass is 10.3. The van der Waals surface area contributed by atoms with Crippen LogP contribution >= 0.6 is 11.3 Å². The predicted octanol–water partition coefficient (Wildman–Crippen LogP) is 2.98. The van der Waals surface area contributed by atoms with E-state index in [2.05, 4.69) is 10.3 Å². The van der Waals surface area contributed by atoms with Crippen LogP contribution in [0.4, 0.5) is 15.2 Å². The van der Waals surface area contributed by atoms with Crippen molar-refractivity contribution in [2.24, 2.45) is 0 Å². The number of ether oxygens (including phenoxy) is 2. The summed E-state index contributed by atoms with van der Waals surface area (Å²) in [5.74, 6) is 0.829. The van der Waals surface area contributed by atoms with Gasteiger partial charge in [0.05, 0.1) is 31.3 Å². The maximum atomic E-state index is 13.8. The predicted molar refractivity (Wildman–Crippen MR) is 83.3 cm³/mol. The third-order valence-electron chi connectivity index (χ3n) is 2.84. The molecule has 0 amide bonds. The molecule has 1 N–H and O–H groups in total. The number of thiazole rings is 1. The first-order chi connectivity index (χ1) is 10.0. The van der Waals surface area contributed by atoms with E-state index in [9.17, 15) is 4.39 Å². The van der Waals surface area contributed by atoms with Crippen LogP contribution in [0.3, 0.4) is 0 Å². The molecule has 0 fully saturated rings. The first-order valence-electron chi connectivity index (χ1n) is 6.33. The van der Waals surface area contributed by atoms with Crippen LogP contribution in [0.5, 0.6) is 11.6 Å². The summed E-state index contributed by atoms with van der Waals surface area (Å²) in [6, 6.07) is 4.57. The summed E-state index contributed by atoms with van der Waals surface area (Å²) >= 11 is 1.50. The van der Waals surface area contributed by atoms with Gasteiger partial charge in [-0.05, 0) is 12.1 Å². The highest BCUT2D eigenvalue weighted by Gasteiger charge is 2.13. The Morgan fingerprint density at radius 2 is 2.05 bits per heavy atom. The SMILES string of the molecule is COc1ccc(F)c(NCc2sc(N(C)C)nc2OC)c1. The summed E-state index contributed by atoms with van der Waals surface area (Å²) in [5.41, 5.74) is 0.385. The number of halogens is 1. The molecule has 21 heavy (non-hydrogen) atoms. The van der Waals surface area contributed by atoms with Crippen molar-refractivity contribution >= 4 is 22.2 Å². The molecule has 0 unspecified atom stereocenters. The Morgan fingerprint density at radius 1 is 1.29 bits per heavy atom. The molecule has 0 bridgehead atoms. The number of hydrogen-bond acceptors (Lipinski definition) is 6. The Bertz CT molecular complexity index is 616. The van der Waals surface area contributed by atoms with Gasteiger partial charge in [0.15, 0.2) is 5.13 Å². The molecule has 0 aliphatic carbocycles. The average molecular weight is 311 g/mol. The third-order valence-corrected chi connectivity index (χ3v) is 4.04. The second-order valence-electron chi connectivity index (χ2n) is 4.52. The van der Waals surface area contributed by atoms with Crippen molar-refractivity contribution in [3.63, 3.8) is 0 Å². The second kappa shape index (κ2) is 6.62. The van der Waals surface area contributed by atoms with Gasteiger partial charge in [0.25, 0.3) is 0 Å². The molecule has 5 nitrogen and oxygen atoms in total. The lowest BCUT2D eigenvalue weighted by Gasteiger charge is -2.09. The molecule has 0 aliphatic heterocycles. The Morgan fingerprint density at radius 3 is 2.67 bits per heavy atom. The molecule has 1 aromatic heterocycles. The number of nitrogens with one attached hydrogen (secondary N) is 1. The molecule has 2 aromatic rings. The van der Waals surface area contributed by atoms with Crippen molar-refractivity contribution in [2.75, 3.05) is 38.5 Å². The minimum absolute atomic E-state index is 0.327. The maximum Gasteiger partial charge on any atom is 0.231 e. The number of benzene rings is 1. The molecule has 0 saturated carbocycles. The van der Waals surface area contributed by atoms with Gasteiger partial charge in [-0.15, -0.1) is 0 Å². The van der Waals surface area contributed by atoms with E-state index in [-0.39, 0.29) is 5.82 Å². The molecule has 1 aromatic carbocycles. The summed E-state index contributed by atoms with van der Waals surface area (Å²) in [5, 5.41) is 3.89. The van der Waals surface area contributed by atoms with Gasteiger partial charge in [0, 0.05) is 20.2 Å². The molecule has 0 spiro atoms. The van der Waals surface area contributed by atoms with E-state index in [4.69, 9.17) is 9.47 Å². The van der Waals surface area contributed by atoms with E-state index in [0.29, 0.717) is 23.9 Å². The van der Waals surface area contributed by atoms with Crippen molar-refractivity contribution in [1.29, 1.82) is 0 Å². The molecular formula is C14H18FN3O2S. The zero-order valence-corrected chi connectivity index (χ0v) is 13.3. The van der Waals surface area contributed by atoms with Crippen LogP contribution < -0.4 is 19.7 Å². The van der Waals surface area contributed by atoms with E-state index in [1.54, 1.807) is 26.4 Å². The summed E-state index contributed by atoms with van der Waals surface area (Å²) in [7, 11) is 6.95. The fourth-order valence-electron chi connectivity index (χ4n) is 1.73. The smallest absolute Gasteiger partial charge is 0.231 e. The van der Waals surface area contributed by atoms with Crippen LogP contribution in [0, 0.1) is 5.82 Å². The molecule has 0 aliphatic rings. The topological polar surface area (TPSA) is 46.6 Å². The molecule has 2 rings (SSSR count). The number of aromatic nitrogens is 1. The molecule has 0 atom stereocenters. The molecule has 0 radical (unpaired) electrons. The van der Waals surface area contributed by atoms with Crippen molar-refractivity contribution in [3.8, 4) is 11.6 Å². The zero-order chi connectivity index (χ0) is 15.4. The highest BCUT2D eigenvalue weighted by molar-refractivity contribution is 7.15. The van der Waals surface area contributed by atoms with Crippen LogP contribution in [0.1, 0.15) is 4.88 Å².